The average molecular weight is 297 g/mol. The van der Waals surface area contributed by atoms with E-state index in [9.17, 15) is 14.0 Å². The molecule has 0 radical (unpaired) electrons. The molecule has 0 saturated heterocycles. The number of esters is 1. The summed E-state index contributed by atoms with van der Waals surface area (Å²) in [4.78, 5) is 23.5. The van der Waals surface area contributed by atoms with Crippen LogP contribution in [-0.4, -0.2) is 24.0 Å². The Morgan fingerprint density at radius 1 is 1.38 bits per heavy atom. The summed E-state index contributed by atoms with van der Waals surface area (Å²) < 4.78 is 17.7. The number of carbonyl (C=O) groups excluding carboxylic acids is 2. The van der Waals surface area contributed by atoms with E-state index >= 15 is 0 Å². The van der Waals surface area contributed by atoms with E-state index in [1.807, 2.05) is 0 Å². The first-order valence-corrected chi connectivity index (χ1v) is 7.48. The van der Waals surface area contributed by atoms with Gasteiger partial charge in [0.2, 0.25) is 5.91 Å². The number of hydrogen-bond donors (Lipinski definition) is 1. The Bertz CT molecular complexity index is 469. The monoisotopic (exact) mass is 297 g/mol. The molecule has 3 unspecified atom stereocenters. The molecule has 0 aromatic rings. The molecule has 0 aromatic heterocycles. The highest BCUT2D eigenvalue weighted by Crippen LogP contribution is 2.63. The highest BCUT2D eigenvalue weighted by atomic mass is 19.1. The van der Waals surface area contributed by atoms with E-state index in [-0.39, 0.29) is 23.3 Å². The molecule has 2 aliphatic rings. The normalized spacial score (nSPS) is 34.9. The van der Waals surface area contributed by atoms with Gasteiger partial charge in [-0.05, 0) is 32.1 Å². The maximum absolute atomic E-state index is 12.2. The minimum atomic E-state index is -0.785. The van der Waals surface area contributed by atoms with Crippen molar-refractivity contribution in [2.75, 3.05) is 0 Å². The largest absolute Gasteiger partial charge is 0.460 e. The van der Waals surface area contributed by atoms with Crippen LogP contribution in [0, 0.1) is 16.7 Å². The Kier molecular flexibility index (Phi) is 4.13. The lowest BCUT2D eigenvalue weighted by Crippen LogP contribution is -2.47. The molecule has 21 heavy (non-hydrogen) atoms. The molecule has 4 atom stereocenters. The lowest BCUT2D eigenvalue weighted by molar-refractivity contribution is -0.167. The fourth-order valence-electron chi connectivity index (χ4n) is 4.15. The van der Waals surface area contributed by atoms with Crippen molar-refractivity contribution in [3.63, 3.8) is 0 Å². The minimum Gasteiger partial charge on any atom is -0.460 e. The summed E-state index contributed by atoms with van der Waals surface area (Å²) in [5.74, 6) is -0.512. The second-order valence-corrected chi connectivity index (χ2v) is 7.25. The molecule has 0 heterocycles. The van der Waals surface area contributed by atoms with E-state index in [4.69, 9.17) is 4.74 Å². The van der Waals surface area contributed by atoms with E-state index in [0.717, 1.165) is 18.9 Å². The first-order valence-electron chi connectivity index (χ1n) is 7.48. The van der Waals surface area contributed by atoms with Crippen LogP contribution in [0.3, 0.4) is 0 Å². The van der Waals surface area contributed by atoms with E-state index in [1.165, 1.54) is 6.42 Å². The van der Waals surface area contributed by atoms with Gasteiger partial charge in [-0.1, -0.05) is 20.8 Å². The third-order valence-corrected chi connectivity index (χ3v) is 5.30. The Hall–Kier alpha value is -1.39. The molecular weight excluding hydrogens is 273 g/mol. The smallest absolute Gasteiger partial charge is 0.328 e. The molecular formula is C16H24FNO3. The lowest BCUT2D eigenvalue weighted by atomic mass is 9.70. The number of carbonyl (C=O) groups is 2. The fraction of sp³-hybridized carbons (Fsp3) is 0.750. The Morgan fingerprint density at radius 3 is 2.57 bits per heavy atom. The van der Waals surface area contributed by atoms with Gasteiger partial charge in [0.1, 0.15) is 12.1 Å². The van der Waals surface area contributed by atoms with Crippen LogP contribution in [0.2, 0.25) is 0 Å². The van der Waals surface area contributed by atoms with Crippen molar-refractivity contribution in [3.8, 4) is 0 Å². The van der Waals surface area contributed by atoms with E-state index < -0.39 is 17.9 Å². The Labute approximate surface area is 125 Å². The van der Waals surface area contributed by atoms with Crippen LogP contribution >= 0.6 is 0 Å². The van der Waals surface area contributed by atoms with Crippen LogP contribution in [0.15, 0.2) is 12.4 Å². The predicted octanol–water partition coefficient (Wildman–Crippen LogP) is 2.73. The summed E-state index contributed by atoms with van der Waals surface area (Å²) in [7, 11) is 0. The summed E-state index contributed by atoms with van der Waals surface area (Å²) in [5, 5.41) is 2.40. The maximum atomic E-state index is 12.2. The van der Waals surface area contributed by atoms with Crippen LogP contribution in [0.5, 0.6) is 0 Å². The summed E-state index contributed by atoms with van der Waals surface area (Å²) in [5.41, 5.74) is -0.00235. The number of rotatable bonds is 4. The molecule has 2 fully saturated rings. The predicted molar refractivity (Wildman–Crippen MR) is 77.0 cm³/mol. The molecule has 4 nitrogen and oxygen atoms in total. The van der Waals surface area contributed by atoms with Crippen LogP contribution in [0.25, 0.3) is 0 Å². The van der Waals surface area contributed by atoms with Crippen molar-refractivity contribution in [2.45, 2.75) is 59.1 Å². The van der Waals surface area contributed by atoms with Gasteiger partial charge >= 0.3 is 5.97 Å². The highest BCUT2D eigenvalue weighted by molar-refractivity contribution is 5.91. The first kappa shape index (κ1) is 16.0. The summed E-state index contributed by atoms with van der Waals surface area (Å²) >= 11 is 0. The minimum absolute atomic E-state index is 0.0341. The molecule has 118 valence electrons. The van der Waals surface area contributed by atoms with E-state index in [2.05, 4.69) is 26.1 Å². The number of amides is 1. The molecule has 1 N–H and O–H groups in total. The second-order valence-electron chi connectivity index (χ2n) is 7.25. The zero-order chi connectivity index (χ0) is 15.8. The van der Waals surface area contributed by atoms with Crippen molar-refractivity contribution in [1.29, 1.82) is 0 Å². The average Bonchev–Trinajstić information content (AvgIpc) is 2.85. The van der Waals surface area contributed by atoms with Gasteiger partial charge < -0.3 is 10.1 Å². The maximum Gasteiger partial charge on any atom is 0.328 e. The van der Waals surface area contributed by atoms with Gasteiger partial charge in [0.05, 0.1) is 6.33 Å². The van der Waals surface area contributed by atoms with Gasteiger partial charge in [-0.2, -0.15) is 0 Å². The number of halogens is 1. The van der Waals surface area contributed by atoms with Crippen LogP contribution < -0.4 is 5.32 Å². The molecule has 5 heteroatoms. The van der Waals surface area contributed by atoms with Gasteiger partial charge in [0.25, 0.3) is 0 Å². The molecule has 2 rings (SSSR count). The molecule has 2 saturated carbocycles. The summed E-state index contributed by atoms with van der Waals surface area (Å²) in [6.45, 7) is 8.02. The van der Waals surface area contributed by atoms with Crippen molar-refractivity contribution < 1.29 is 18.7 Å². The zero-order valence-corrected chi connectivity index (χ0v) is 13.1. The SMILES string of the molecule is C[C@H](NC(=O)C=CF)C(=O)OC1C2(C)CCC(C2)C1(C)C. The lowest BCUT2D eigenvalue weighted by Gasteiger charge is -2.42. The molecule has 0 aromatic carbocycles. The van der Waals surface area contributed by atoms with Gasteiger partial charge in [-0.3, -0.25) is 4.79 Å². The van der Waals surface area contributed by atoms with Crippen molar-refractivity contribution in [2.24, 2.45) is 16.7 Å². The Morgan fingerprint density at radius 2 is 2.05 bits per heavy atom. The number of ether oxygens (including phenoxy) is 1. The van der Waals surface area contributed by atoms with Crippen molar-refractivity contribution in [3.05, 3.63) is 12.4 Å². The topological polar surface area (TPSA) is 55.4 Å². The van der Waals surface area contributed by atoms with Gasteiger partial charge in [-0.15, -0.1) is 0 Å². The summed E-state index contributed by atoms with van der Waals surface area (Å²) in [6, 6.07) is -0.785. The van der Waals surface area contributed by atoms with Crippen LogP contribution in [0.1, 0.15) is 47.0 Å². The standard InChI is InChI=1S/C16H24FNO3/c1-10(18-12(19)6-8-17)13(20)21-14-15(2,3)11-5-7-16(14,4)9-11/h6,8,10-11,14H,5,7,9H2,1-4H3,(H,18,19)/t10-,11?,14?,16?/m0/s1. The second kappa shape index (κ2) is 5.43. The quantitative estimate of drug-likeness (QED) is 0.641. The van der Waals surface area contributed by atoms with Gasteiger partial charge in [-0.25, -0.2) is 9.18 Å². The Balaban J connectivity index is 2.01. The number of nitrogens with one attached hydrogen (secondary N) is 1. The number of hydrogen-bond acceptors (Lipinski definition) is 3. The zero-order valence-electron chi connectivity index (χ0n) is 13.1. The third-order valence-electron chi connectivity index (χ3n) is 5.30. The van der Waals surface area contributed by atoms with Crippen LogP contribution in [-0.2, 0) is 14.3 Å². The molecule has 2 aliphatic carbocycles. The molecule has 0 spiro atoms. The highest BCUT2D eigenvalue weighted by Gasteiger charge is 2.61. The first-order chi connectivity index (χ1) is 9.70. The van der Waals surface area contributed by atoms with E-state index in [1.54, 1.807) is 6.92 Å². The number of fused-ring (bicyclic) bond motifs is 2. The molecule has 2 bridgehead atoms. The van der Waals surface area contributed by atoms with Crippen molar-refractivity contribution >= 4 is 11.9 Å². The molecule has 0 aliphatic heterocycles. The fourth-order valence-corrected chi connectivity index (χ4v) is 4.15. The van der Waals surface area contributed by atoms with Crippen LogP contribution in [0.4, 0.5) is 4.39 Å². The van der Waals surface area contributed by atoms with E-state index in [0.29, 0.717) is 5.92 Å². The molecule has 1 amide bonds. The van der Waals surface area contributed by atoms with Gasteiger partial charge in [0.15, 0.2) is 0 Å². The van der Waals surface area contributed by atoms with Crippen molar-refractivity contribution in [1.82, 2.24) is 5.32 Å². The third kappa shape index (κ3) is 2.83. The summed E-state index contributed by atoms with van der Waals surface area (Å²) in [6.07, 6.45) is 4.10. The van der Waals surface area contributed by atoms with Gasteiger partial charge in [0, 0.05) is 16.9 Å².